The van der Waals surface area contributed by atoms with Gasteiger partial charge in [0.1, 0.15) is 16.5 Å². The second-order valence-electron chi connectivity index (χ2n) is 7.78. The summed E-state index contributed by atoms with van der Waals surface area (Å²) in [5.41, 5.74) is -0.654. The second kappa shape index (κ2) is 10.4. The van der Waals surface area contributed by atoms with E-state index in [9.17, 15) is 48.7 Å². The van der Waals surface area contributed by atoms with Crippen molar-refractivity contribution in [1.29, 1.82) is 0 Å². The van der Waals surface area contributed by atoms with Crippen LogP contribution in [-0.2, 0) is 14.6 Å². The smallest absolute Gasteiger partial charge is 0.406 e. The minimum absolute atomic E-state index is 0.160. The number of benzene rings is 3. The lowest BCUT2D eigenvalue weighted by molar-refractivity contribution is -0.274. The molecule has 0 spiro atoms. The average molecular weight is 563 g/mol. The highest BCUT2D eigenvalue weighted by molar-refractivity contribution is 7.91. The Labute approximate surface area is 211 Å². The molecule has 14 heteroatoms. The first-order valence-corrected chi connectivity index (χ1v) is 11.9. The third kappa shape index (κ3) is 6.49. The number of halogens is 7. The van der Waals surface area contributed by atoms with Crippen LogP contribution in [0.3, 0.4) is 0 Å². The standard InChI is InChI=1S/C24H16F7NO5S/c1-13(32-22(34)23(26,27)28)14-6-8-15(9-7-14)21(33)17-11-10-16(37-24(29,30)31)12-20(17)38(35,36)19-5-3-2-4-18(19)25/h2-13H,1H3,(H,32,34). The van der Waals surface area contributed by atoms with Crippen LogP contribution in [0.1, 0.15) is 34.5 Å². The number of hydrogen-bond donors (Lipinski definition) is 1. The number of ether oxygens (including phenoxy) is 1. The van der Waals surface area contributed by atoms with Crippen LogP contribution in [-0.4, -0.2) is 32.6 Å². The Balaban J connectivity index is 2.03. The fourth-order valence-corrected chi connectivity index (χ4v) is 4.87. The summed E-state index contributed by atoms with van der Waals surface area (Å²) in [6.45, 7) is 1.25. The van der Waals surface area contributed by atoms with Gasteiger partial charge < -0.3 is 10.1 Å². The number of nitrogens with one attached hydrogen (secondary N) is 1. The molecule has 6 nitrogen and oxygen atoms in total. The maximum atomic E-state index is 14.3. The molecule has 3 rings (SSSR count). The lowest BCUT2D eigenvalue weighted by Crippen LogP contribution is -2.38. The quantitative estimate of drug-likeness (QED) is 0.302. The molecule has 1 unspecified atom stereocenters. The minimum atomic E-state index is -5.20. The second-order valence-corrected chi connectivity index (χ2v) is 9.67. The van der Waals surface area contributed by atoms with Gasteiger partial charge in [0.25, 0.3) is 0 Å². The summed E-state index contributed by atoms with van der Waals surface area (Å²) >= 11 is 0. The number of rotatable bonds is 7. The zero-order valence-corrected chi connectivity index (χ0v) is 19.8. The predicted octanol–water partition coefficient (Wildman–Crippen LogP) is 5.53. The van der Waals surface area contributed by atoms with Gasteiger partial charge >= 0.3 is 18.4 Å². The van der Waals surface area contributed by atoms with E-state index in [0.29, 0.717) is 12.1 Å². The van der Waals surface area contributed by atoms with Gasteiger partial charge in [0.15, 0.2) is 5.78 Å². The van der Waals surface area contributed by atoms with E-state index in [4.69, 9.17) is 0 Å². The van der Waals surface area contributed by atoms with Crippen molar-refractivity contribution in [2.75, 3.05) is 0 Å². The Morgan fingerprint density at radius 3 is 2.03 bits per heavy atom. The van der Waals surface area contributed by atoms with Gasteiger partial charge in [-0.3, -0.25) is 9.59 Å². The first kappa shape index (κ1) is 28.6. The summed E-state index contributed by atoms with van der Waals surface area (Å²) in [4.78, 5) is 22.4. The number of carbonyl (C=O) groups is 2. The van der Waals surface area contributed by atoms with Crippen LogP contribution in [0.15, 0.2) is 76.5 Å². The molecule has 0 heterocycles. The Morgan fingerprint density at radius 2 is 1.47 bits per heavy atom. The van der Waals surface area contributed by atoms with Gasteiger partial charge in [0.2, 0.25) is 9.84 Å². The average Bonchev–Trinajstić information content (AvgIpc) is 2.82. The largest absolute Gasteiger partial charge is 0.573 e. The Kier molecular flexibility index (Phi) is 7.86. The number of carbonyl (C=O) groups excluding carboxylic acids is 2. The van der Waals surface area contributed by atoms with Crippen LogP contribution in [0.4, 0.5) is 30.7 Å². The zero-order chi connectivity index (χ0) is 28.5. The molecular formula is C24H16F7NO5S. The van der Waals surface area contributed by atoms with Gasteiger partial charge in [0, 0.05) is 17.2 Å². The van der Waals surface area contributed by atoms with Crippen molar-refractivity contribution in [2.45, 2.75) is 35.3 Å². The molecule has 0 saturated heterocycles. The molecule has 0 saturated carbocycles. The lowest BCUT2D eigenvalue weighted by Gasteiger charge is -2.16. The van der Waals surface area contributed by atoms with Crippen molar-refractivity contribution >= 4 is 21.5 Å². The van der Waals surface area contributed by atoms with Gasteiger partial charge in [-0.15, -0.1) is 13.2 Å². The molecule has 0 radical (unpaired) electrons. The Bertz CT molecular complexity index is 1470. The molecule has 1 N–H and O–H groups in total. The molecule has 3 aromatic carbocycles. The van der Waals surface area contributed by atoms with Crippen molar-refractivity contribution in [3.05, 3.63) is 89.2 Å². The van der Waals surface area contributed by atoms with E-state index in [1.54, 1.807) is 5.32 Å². The topological polar surface area (TPSA) is 89.5 Å². The van der Waals surface area contributed by atoms with Crippen molar-refractivity contribution in [3.63, 3.8) is 0 Å². The summed E-state index contributed by atoms with van der Waals surface area (Å²) in [6.07, 6.45) is -10.3. The van der Waals surface area contributed by atoms with Crippen LogP contribution in [0.5, 0.6) is 5.75 Å². The van der Waals surface area contributed by atoms with Crippen molar-refractivity contribution in [1.82, 2.24) is 5.32 Å². The van der Waals surface area contributed by atoms with Gasteiger partial charge in [-0.25, -0.2) is 12.8 Å². The summed E-state index contributed by atoms with van der Waals surface area (Å²) in [7, 11) is -4.88. The van der Waals surface area contributed by atoms with E-state index in [0.717, 1.165) is 30.3 Å². The highest BCUT2D eigenvalue weighted by atomic mass is 32.2. The molecule has 3 aromatic rings. The van der Waals surface area contributed by atoms with E-state index < -0.39 is 67.0 Å². The van der Waals surface area contributed by atoms with Gasteiger partial charge in [-0.2, -0.15) is 13.2 Å². The molecule has 0 aliphatic carbocycles. The number of ketones is 1. The Hall–Kier alpha value is -3.94. The molecule has 0 aliphatic heterocycles. The number of sulfone groups is 1. The number of hydrogen-bond acceptors (Lipinski definition) is 5. The molecule has 0 aliphatic rings. The van der Waals surface area contributed by atoms with Crippen molar-refractivity contribution < 1.29 is 53.5 Å². The Morgan fingerprint density at radius 1 is 0.868 bits per heavy atom. The van der Waals surface area contributed by atoms with Crippen LogP contribution in [0.25, 0.3) is 0 Å². The van der Waals surface area contributed by atoms with E-state index in [1.807, 2.05) is 0 Å². The molecular weight excluding hydrogens is 547 g/mol. The summed E-state index contributed by atoms with van der Waals surface area (Å²) in [6, 6.07) is 9.43. The maximum Gasteiger partial charge on any atom is 0.573 e. The van der Waals surface area contributed by atoms with E-state index in [2.05, 4.69) is 4.74 Å². The molecule has 1 atom stereocenters. The molecule has 38 heavy (non-hydrogen) atoms. The van der Waals surface area contributed by atoms with Crippen LogP contribution in [0.2, 0.25) is 0 Å². The molecule has 202 valence electrons. The van der Waals surface area contributed by atoms with E-state index in [1.165, 1.54) is 31.2 Å². The van der Waals surface area contributed by atoms with Crippen molar-refractivity contribution in [2.24, 2.45) is 0 Å². The van der Waals surface area contributed by atoms with Gasteiger partial charge in [0.05, 0.1) is 10.9 Å². The van der Waals surface area contributed by atoms with E-state index in [-0.39, 0.29) is 11.1 Å². The third-order valence-electron chi connectivity index (χ3n) is 5.12. The molecule has 0 bridgehead atoms. The van der Waals surface area contributed by atoms with Crippen LogP contribution in [0, 0.1) is 5.82 Å². The molecule has 0 fully saturated rings. The fraction of sp³-hybridized carbons (Fsp3) is 0.167. The number of amides is 1. The molecule has 0 aromatic heterocycles. The number of alkyl halides is 6. The fourth-order valence-electron chi connectivity index (χ4n) is 3.33. The van der Waals surface area contributed by atoms with Crippen molar-refractivity contribution in [3.8, 4) is 5.75 Å². The van der Waals surface area contributed by atoms with Gasteiger partial charge in [-0.1, -0.05) is 36.4 Å². The highest BCUT2D eigenvalue weighted by Gasteiger charge is 2.39. The SMILES string of the molecule is CC(NC(=O)C(F)(F)F)c1ccc(C(=O)c2ccc(OC(F)(F)F)cc2S(=O)(=O)c2ccccc2F)cc1. The predicted molar refractivity (Wildman–Crippen MR) is 117 cm³/mol. The van der Waals surface area contributed by atoms with Crippen LogP contribution >= 0.6 is 0 Å². The minimum Gasteiger partial charge on any atom is -0.406 e. The first-order chi connectivity index (χ1) is 17.5. The summed E-state index contributed by atoms with van der Waals surface area (Å²) < 4.78 is 120. The molecule has 1 amide bonds. The van der Waals surface area contributed by atoms with E-state index >= 15 is 0 Å². The third-order valence-corrected chi connectivity index (χ3v) is 6.95. The lowest BCUT2D eigenvalue weighted by atomic mass is 10.00. The maximum absolute atomic E-state index is 14.3. The highest BCUT2D eigenvalue weighted by Crippen LogP contribution is 2.33. The normalized spacial score (nSPS) is 13.1. The monoisotopic (exact) mass is 563 g/mol. The first-order valence-electron chi connectivity index (χ1n) is 10.4. The van der Waals surface area contributed by atoms with Crippen LogP contribution < -0.4 is 10.1 Å². The summed E-state index contributed by atoms with van der Waals surface area (Å²) in [5.74, 6) is -5.38. The summed E-state index contributed by atoms with van der Waals surface area (Å²) in [5, 5.41) is 1.72. The zero-order valence-electron chi connectivity index (χ0n) is 19.0. The van der Waals surface area contributed by atoms with Gasteiger partial charge in [-0.05, 0) is 36.8 Å².